The van der Waals surface area contributed by atoms with Crippen LogP contribution in [0, 0.1) is 23.2 Å². The third kappa shape index (κ3) is 5.60. The number of rotatable bonds is 5. The van der Waals surface area contributed by atoms with Crippen molar-refractivity contribution in [2.24, 2.45) is 16.8 Å². The van der Waals surface area contributed by atoms with Crippen molar-refractivity contribution in [3.63, 3.8) is 0 Å². The lowest BCUT2D eigenvalue weighted by Crippen LogP contribution is -2.42. The van der Waals surface area contributed by atoms with Crippen LogP contribution in [0.1, 0.15) is 33.1 Å². The minimum atomic E-state index is 0.231. The number of piperazine rings is 1. The number of nitriles is 1. The summed E-state index contributed by atoms with van der Waals surface area (Å²) in [6.45, 7) is 13.3. The molecule has 0 aromatic carbocycles. The van der Waals surface area contributed by atoms with Crippen molar-refractivity contribution in [1.29, 1.82) is 5.26 Å². The Balaban J connectivity index is 1.45. The second kappa shape index (κ2) is 10.7. The molecule has 33 heavy (non-hydrogen) atoms. The molecule has 0 amide bonds. The smallest absolute Gasteiger partial charge is 0.0988 e. The summed E-state index contributed by atoms with van der Waals surface area (Å²) in [5, 5.41) is 9.79. The van der Waals surface area contributed by atoms with Gasteiger partial charge in [0.05, 0.1) is 23.7 Å². The molecule has 6 heteroatoms. The zero-order valence-corrected chi connectivity index (χ0v) is 20.9. The average Bonchev–Trinajstić information content (AvgIpc) is 2.83. The molecule has 0 bridgehead atoms. The Morgan fingerprint density at radius 1 is 1.24 bits per heavy atom. The van der Waals surface area contributed by atoms with Crippen LogP contribution in [0.25, 0.3) is 0 Å². The fraction of sp³-hybridized carbons (Fsp3) is 0.481. The predicted molar refractivity (Wildman–Crippen MR) is 139 cm³/mol. The molecule has 2 aliphatic carbocycles. The Bertz CT molecular complexity index is 984. The van der Waals surface area contributed by atoms with E-state index >= 15 is 0 Å². The van der Waals surface area contributed by atoms with Gasteiger partial charge in [-0.2, -0.15) is 5.26 Å². The second-order valence-corrected chi connectivity index (χ2v) is 10.7. The molecule has 0 radical (unpaired) electrons. The van der Waals surface area contributed by atoms with Crippen molar-refractivity contribution < 1.29 is 0 Å². The van der Waals surface area contributed by atoms with Crippen LogP contribution in [0.2, 0.25) is 0 Å². The summed E-state index contributed by atoms with van der Waals surface area (Å²) < 4.78 is 2.56. The van der Waals surface area contributed by atoms with Crippen molar-refractivity contribution in [3.05, 3.63) is 71.4 Å². The van der Waals surface area contributed by atoms with Crippen molar-refractivity contribution in [1.82, 2.24) is 14.1 Å². The maximum Gasteiger partial charge on any atom is 0.0988 e. The van der Waals surface area contributed by atoms with Gasteiger partial charge in [0.25, 0.3) is 0 Å². The minimum absolute atomic E-state index is 0.231. The first-order valence-electron chi connectivity index (χ1n) is 12.0. The lowest BCUT2D eigenvalue weighted by Gasteiger charge is -2.36. The number of aliphatic imine (C=N–C) groups is 1. The Morgan fingerprint density at radius 3 is 2.67 bits per heavy atom. The third-order valence-electron chi connectivity index (χ3n) is 6.90. The highest BCUT2D eigenvalue weighted by atomic mass is 32.2. The number of nitrogens with zero attached hydrogens (tertiary/aromatic N) is 5. The zero-order chi connectivity index (χ0) is 23.4. The predicted octanol–water partition coefficient (Wildman–Crippen LogP) is 5.28. The van der Waals surface area contributed by atoms with Gasteiger partial charge in [-0.3, -0.25) is 4.99 Å². The van der Waals surface area contributed by atoms with Gasteiger partial charge in [0.2, 0.25) is 0 Å². The van der Waals surface area contributed by atoms with Crippen LogP contribution in [0.5, 0.6) is 0 Å². The van der Waals surface area contributed by atoms with Gasteiger partial charge >= 0.3 is 0 Å². The molecular formula is C27H35N5S. The lowest BCUT2D eigenvalue weighted by atomic mass is 9.86. The Morgan fingerprint density at radius 2 is 2.03 bits per heavy atom. The Labute approximate surface area is 203 Å². The molecule has 5 nitrogen and oxygen atoms in total. The van der Waals surface area contributed by atoms with Gasteiger partial charge in [-0.15, -0.1) is 0 Å². The van der Waals surface area contributed by atoms with E-state index in [2.05, 4.69) is 84.0 Å². The van der Waals surface area contributed by atoms with E-state index in [4.69, 9.17) is 10.3 Å². The van der Waals surface area contributed by atoms with Crippen molar-refractivity contribution in [2.75, 3.05) is 33.2 Å². The molecule has 2 unspecified atom stereocenters. The Hall–Kier alpha value is -2.33. The molecule has 0 aromatic rings. The van der Waals surface area contributed by atoms with E-state index in [1.54, 1.807) is 0 Å². The molecule has 0 spiro atoms. The minimum Gasteiger partial charge on any atom is -0.318 e. The molecule has 2 aliphatic heterocycles. The van der Waals surface area contributed by atoms with Crippen LogP contribution < -0.4 is 0 Å². The summed E-state index contributed by atoms with van der Waals surface area (Å²) >= 11 is 2.06. The first-order chi connectivity index (χ1) is 16.0. The van der Waals surface area contributed by atoms with Gasteiger partial charge in [-0.25, -0.2) is 4.31 Å². The molecule has 0 N–H and O–H groups in total. The summed E-state index contributed by atoms with van der Waals surface area (Å²) in [5.41, 5.74) is 5.19. The van der Waals surface area contributed by atoms with Crippen molar-refractivity contribution in [2.45, 2.75) is 38.4 Å². The lowest BCUT2D eigenvalue weighted by molar-refractivity contribution is 0.232. The standard InChI is InChI=1S/C27H35N5S/c1-5-27(23-8-6-22(17-28)7-9-23)32-19-26(29-18-21(32)3)25-11-10-24(16-20(25)2)33-31-14-12-30(4)13-15-31/h5-8,11,18-20,23-24H,3,9-10,12-16H2,1-2,4H3/b27-5-/t20-,23?,24?/m1/s1. The summed E-state index contributed by atoms with van der Waals surface area (Å²) in [4.78, 5) is 9.37. The SMILES string of the molecule is C=C1C=NC(C2=CCC(SN3CCN(C)CC3)C[C@H]2C)=CN1/C(=C\C)C1C=CC(C#N)=CC1. The maximum absolute atomic E-state index is 9.14. The van der Waals surface area contributed by atoms with Crippen LogP contribution in [0.3, 0.4) is 0 Å². The van der Waals surface area contributed by atoms with Gasteiger partial charge in [0, 0.05) is 54.8 Å². The largest absolute Gasteiger partial charge is 0.318 e. The van der Waals surface area contributed by atoms with Gasteiger partial charge < -0.3 is 9.80 Å². The van der Waals surface area contributed by atoms with E-state index in [9.17, 15) is 0 Å². The highest BCUT2D eigenvalue weighted by Gasteiger charge is 2.28. The summed E-state index contributed by atoms with van der Waals surface area (Å²) in [7, 11) is 2.21. The number of hydrogen-bond donors (Lipinski definition) is 0. The Kier molecular flexibility index (Phi) is 7.75. The van der Waals surface area contributed by atoms with E-state index in [-0.39, 0.29) is 5.92 Å². The van der Waals surface area contributed by atoms with Crippen LogP contribution in [0.15, 0.2) is 76.4 Å². The van der Waals surface area contributed by atoms with Crippen molar-refractivity contribution >= 4 is 18.2 Å². The van der Waals surface area contributed by atoms with E-state index in [1.807, 2.05) is 18.4 Å². The summed E-state index contributed by atoms with van der Waals surface area (Å²) in [6.07, 6.45) is 17.8. The quantitative estimate of drug-likeness (QED) is 0.522. The molecule has 0 saturated carbocycles. The van der Waals surface area contributed by atoms with Gasteiger partial charge in [-0.1, -0.05) is 49.8 Å². The molecule has 1 saturated heterocycles. The molecule has 4 aliphatic rings. The second-order valence-electron chi connectivity index (χ2n) is 9.31. The highest BCUT2D eigenvalue weighted by molar-refractivity contribution is 7.97. The van der Waals surface area contributed by atoms with Gasteiger partial charge in [-0.05, 0) is 50.8 Å². The van der Waals surface area contributed by atoms with E-state index in [0.717, 1.165) is 56.0 Å². The number of likely N-dealkylation sites (N-methyl/N-ethyl adjacent to an activating group) is 1. The van der Waals surface area contributed by atoms with Gasteiger partial charge in [0.1, 0.15) is 0 Å². The molecule has 2 heterocycles. The summed E-state index contributed by atoms with van der Waals surface area (Å²) in [6, 6.07) is 2.23. The molecule has 3 atom stereocenters. The molecule has 0 aromatic heterocycles. The fourth-order valence-electron chi connectivity index (χ4n) is 4.91. The van der Waals surface area contributed by atoms with Crippen LogP contribution >= 0.6 is 11.9 Å². The first kappa shape index (κ1) is 23.8. The van der Waals surface area contributed by atoms with Crippen molar-refractivity contribution in [3.8, 4) is 6.07 Å². The summed E-state index contributed by atoms with van der Waals surface area (Å²) in [5.74, 6) is 0.708. The fourth-order valence-corrected chi connectivity index (χ4v) is 6.27. The van der Waals surface area contributed by atoms with E-state index in [0.29, 0.717) is 11.2 Å². The average molecular weight is 462 g/mol. The third-order valence-corrected chi connectivity index (χ3v) is 8.25. The van der Waals surface area contributed by atoms with Gasteiger partial charge in [0.15, 0.2) is 0 Å². The van der Waals surface area contributed by atoms with Crippen LogP contribution in [0.4, 0.5) is 0 Å². The molecule has 174 valence electrons. The van der Waals surface area contributed by atoms with E-state index < -0.39 is 0 Å². The van der Waals surface area contributed by atoms with Crippen LogP contribution in [-0.4, -0.2) is 58.8 Å². The first-order valence-corrected chi connectivity index (χ1v) is 12.8. The topological polar surface area (TPSA) is 45.9 Å². The highest BCUT2D eigenvalue weighted by Crippen LogP contribution is 2.39. The van der Waals surface area contributed by atoms with Crippen LogP contribution in [-0.2, 0) is 0 Å². The number of hydrogen-bond acceptors (Lipinski definition) is 6. The monoisotopic (exact) mass is 461 g/mol. The zero-order valence-electron chi connectivity index (χ0n) is 20.1. The molecular weight excluding hydrogens is 426 g/mol. The maximum atomic E-state index is 9.14. The van der Waals surface area contributed by atoms with E-state index in [1.165, 1.54) is 17.7 Å². The number of allylic oxidation sites excluding steroid dienone is 8. The molecule has 1 fully saturated rings. The molecule has 4 rings (SSSR count). The normalized spacial score (nSPS) is 29.5.